The topological polar surface area (TPSA) is 85.6 Å². The molecule has 0 bridgehead atoms. The fourth-order valence-electron chi connectivity index (χ4n) is 3.27. The monoisotopic (exact) mass is 365 g/mol. The Labute approximate surface area is 151 Å². The number of hydrogen-bond acceptors (Lipinski definition) is 5. The van der Waals surface area contributed by atoms with E-state index in [-0.39, 0.29) is 29.1 Å². The number of carbonyl (C=O) groups is 1. The lowest BCUT2D eigenvalue weighted by Crippen LogP contribution is -2.33. The molecular formula is C17H20ClN3O4. The highest BCUT2D eigenvalue weighted by molar-refractivity contribution is 5.92. The molecule has 1 amide bonds. The third-order valence-corrected chi connectivity index (χ3v) is 4.42. The van der Waals surface area contributed by atoms with E-state index in [1.165, 1.54) is 6.07 Å². The van der Waals surface area contributed by atoms with Gasteiger partial charge in [0.25, 0.3) is 5.69 Å². The van der Waals surface area contributed by atoms with Crippen molar-refractivity contribution in [1.29, 1.82) is 0 Å². The van der Waals surface area contributed by atoms with Crippen molar-refractivity contribution in [3.8, 4) is 0 Å². The highest BCUT2D eigenvalue weighted by Gasteiger charge is 2.24. The van der Waals surface area contributed by atoms with Gasteiger partial charge in [0.1, 0.15) is 0 Å². The summed E-state index contributed by atoms with van der Waals surface area (Å²) in [6.07, 6.45) is 0.918. The van der Waals surface area contributed by atoms with Crippen LogP contribution in [-0.4, -0.2) is 40.6 Å². The molecule has 25 heavy (non-hydrogen) atoms. The average molecular weight is 366 g/mol. The van der Waals surface area contributed by atoms with Gasteiger partial charge in [-0.2, -0.15) is 0 Å². The van der Waals surface area contributed by atoms with Crippen molar-refractivity contribution in [2.24, 2.45) is 0 Å². The van der Waals surface area contributed by atoms with E-state index in [1.807, 2.05) is 6.92 Å². The zero-order chi connectivity index (χ0) is 17.3. The van der Waals surface area contributed by atoms with E-state index in [9.17, 15) is 14.9 Å². The molecule has 1 aliphatic heterocycles. The first-order valence-electron chi connectivity index (χ1n) is 8.00. The highest BCUT2D eigenvalue weighted by Crippen LogP contribution is 2.32. The molecule has 134 valence electrons. The Morgan fingerprint density at radius 1 is 1.36 bits per heavy atom. The quantitative estimate of drug-likeness (QED) is 0.601. The number of aromatic nitrogens is 1. The van der Waals surface area contributed by atoms with Gasteiger partial charge in [-0.25, -0.2) is 4.79 Å². The van der Waals surface area contributed by atoms with Crippen molar-refractivity contribution < 1.29 is 14.5 Å². The number of non-ortho nitro benzene ring substituents is 1. The zero-order valence-electron chi connectivity index (χ0n) is 14.2. The van der Waals surface area contributed by atoms with Crippen molar-refractivity contribution in [2.75, 3.05) is 19.7 Å². The van der Waals surface area contributed by atoms with Crippen LogP contribution < -0.4 is 0 Å². The maximum Gasteiger partial charge on any atom is 0.409 e. The van der Waals surface area contributed by atoms with Crippen LogP contribution in [0.5, 0.6) is 0 Å². The summed E-state index contributed by atoms with van der Waals surface area (Å²) in [5.74, 6) is 0. The van der Waals surface area contributed by atoms with E-state index in [0.717, 1.165) is 16.8 Å². The molecule has 1 aromatic heterocycles. The van der Waals surface area contributed by atoms with Gasteiger partial charge in [-0.15, -0.1) is 12.4 Å². The first-order valence-corrected chi connectivity index (χ1v) is 8.00. The second kappa shape index (κ2) is 7.65. The van der Waals surface area contributed by atoms with Crippen LogP contribution in [0.25, 0.3) is 10.9 Å². The molecule has 0 radical (unpaired) electrons. The maximum atomic E-state index is 12.0. The largest absolute Gasteiger partial charge is 0.450 e. The predicted molar refractivity (Wildman–Crippen MR) is 96.4 cm³/mol. The number of aryl methyl sites for hydroxylation is 1. The summed E-state index contributed by atoms with van der Waals surface area (Å²) in [5, 5.41) is 11.9. The fourth-order valence-corrected chi connectivity index (χ4v) is 3.27. The molecule has 0 saturated carbocycles. The second-order valence-electron chi connectivity index (χ2n) is 5.78. The molecule has 2 heterocycles. The number of nitro benzene ring substituents is 1. The summed E-state index contributed by atoms with van der Waals surface area (Å²) in [5.41, 5.74) is 3.50. The number of nitro groups is 1. The SMILES string of the molecule is CCOC(=O)N1CCc2nc3cccc([N+](=O)[O-])c3c(C)c2CC1.Cl. The smallest absolute Gasteiger partial charge is 0.409 e. The maximum absolute atomic E-state index is 12.0. The minimum Gasteiger partial charge on any atom is -0.450 e. The first-order chi connectivity index (χ1) is 11.5. The molecule has 2 aromatic rings. The van der Waals surface area contributed by atoms with Crippen LogP contribution >= 0.6 is 12.4 Å². The van der Waals surface area contributed by atoms with Crippen LogP contribution in [0.1, 0.15) is 23.7 Å². The minimum atomic E-state index is -0.370. The predicted octanol–water partition coefficient (Wildman–Crippen LogP) is 3.43. The van der Waals surface area contributed by atoms with Gasteiger partial charge in [0, 0.05) is 31.3 Å². The number of amides is 1. The van der Waals surface area contributed by atoms with E-state index < -0.39 is 0 Å². The molecule has 0 atom stereocenters. The number of nitrogens with zero attached hydrogens (tertiary/aromatic N) is 3. The standard InChI is InChI=1S/C17H19N3O4.ClH/c1-3-24-17(21)19-9-7-12-11(2)16-14(18-13(12)8-10-19)5-4-6-15(16)20(22)23;/h4-6H,3,7-10H2,1-2H3;1H. The van der Waals surface area contributed by atoms with Crippen LogP contribution in [0.4, 0.5) is 10.5 Å². The van der Waals surface area contributed by atoms with Gasteiger partial charge < -0.3 is 9.64 Å². The minimum absolute atomic E-state index is 0. The van der Waals surface area contributed by atoms with Gasteiger partial charge in [-0.3, -0.25) is 15.1 Å². The molecule has 0 aliphatic carbocycles. The molecule has 0 unspecified atom stereocenters. The average Bonchev–Trinajstić information content (AvgIpc) is 2.77. The van der Waals surface area contributed by atoms with Crippen molar-refractivity contribution in [2.45, 2.75) is 26.7 Å². The molecular weight excluding hydrogens is 346 g/mol. The Hall–Kier alpha value is -2.41. The molecule has 0 N–H and O–H groups in total. The van der Waals surface area contributed by atoms with Crippen LogP contribution in [0, 0.1) is 17.0 Å². The van der Waals surface area contributed by atoms with Gasteiger partial charge in [0.15, 0.2) is 0 Å². The van der Waals surface area contributed by atoms with Gasteiger partial charge in [-0.1, -0.05) is 6.07 Å². The van der Waals surface area contributed by atoms with Gasteiger partial charge in [0.05, 0.1) is 22.4 Å². The number of halogens is 1. The van der Waals surface area contributed by atoms with E-state index >= 15 is 0 Å². The number of benzene rings is 1. The summed E-state index contributed by atoms with van der Waals surface area (Å²) < 4.78 is 5.07. The summed E-state index contributed by atoms with van der Waals surface area (Å²) in [4.78, 5) is 29.2. The number of hydrogen-bond donors (Lipinski definition) is 0. The molecule has 3 rings (SSSR count). The Bertz CT molecular complexity index is 825. The van der Waals surface area contributed by atoms with Crippen molar-refractivity contribution in [3.63, 3.8) is 0 Å². The summed E-state index contributed by atoms with van der Waals surface area (Å²) in [6, 6.07) is 4.95. The summed E-state index contributed by atoms with van der Waals surface area (Å²) >= 11 is 0. The van der Waals surface area contributed by atoms with Crippen LogP contribution in [0.15, 0.2) is 18.2 Å². The number of pyridine rings is 1. The van der Waals surface area contributed by atoms with Crippen LogP contribution in [0.3, 0.4) is 0 Å². The van der Waals surface area contributed by atoms with Gasteiger partial charge >= 0.3 is 6.09 Å². The van der Waals surface area contributed by atoms with Crippen molar-refractivity contribution in [1.82, 2.24) is 9.88 Å². The van der Waals surface area contributed by atoms with Crippen LogP contribution in [-0.2, 0) is 17.6 Å². The molecule has 1 aliphatic rings. The lowest BCUT2D eigenvalue weighted by atomic mass is 9.97. The van der Waals surface area contributed by atoms with Crippen molar-refractivity contribution in [3.05, 3.63) is 45.1 Å². The number of ether oxygens (including phenoxy) is 1. The van der Waals surface area contributed by atoms with Gasteiger partial charge in [-0.05, 0) is 37.5 Å². The first kappa shape index (κ1) is 18.9. The van der Waals surface area contributed by atoms with Crippen molar-refractivity contribution >= 4 is 35.1 Å². The Morgan fingerprint density at radius 3 is 2.76 bits per heavy atom. The second-order valence-corrected chi connectivity index (χ2v) is 5.78. The molecule has 8 heteroatoms. The van der Waals surface area contributed by atoms with E-state index in [4.69, 9.17) is 4.74 Å². The molecule has 1 aromatic carbocycles. The van der Waals surface area contributed by atoms with Crippen LogP contribution in [0.2, 0.25) is 0 Å². The fraction of sp³-hybridized carbons (Fsp3) is 0.412. The molecule has 0 fully saturated rings. The number of carbonyl (C=O) groups excluding carboxylic acids is 1. The van der Waals surface area contributed by atoms with E-state index in [2.05, 4.69) is 4.98 Å². The van der Waals surface area contributed by atoms with E-state index in [0.29, 0.717) is 43.4 Å². The lowest BCUT2D eigenvalue weighted by molar-refractivity contribution is -0.383. The highest BCUT2D eigenvalue weighted by atomic mass is 35.5. The summed E-state index contributed by atoms with van der Waals surface area (Å²) in [7, 11) is 0. The number of fused-ring (bicyclic) bond motifs is 2. The normalized spacial score (nSPS) is 13.6. The Kier molecular flexibility index (Phi) is 5.79. The third-order valence-electron chi connectivity index (χ3n) is 4.42. The zero-order valence-corrected chi connectivity index (χ0v) is 15.0. The third kappa shape index (κ3) is 3.51. The Morgan fingerprint density at radius 2 is 2.08 bits per heavy atom. The lowest BCUT2D eigenvalue weighted by Gasteiger charge is -2.18. The summed E-state index contributed by atoms with van der Waals surface area (Å²) in [6.45, 7) is 5.09. The molecule has 0 spiro atoms. The molecule has 7 nitrogen and oxygen atoms in total. The molecule has 0 saturated heterocycles. The number of rotatable bonds is 2. The van der Waals surface area contributed by atoms with E-state index in [1.54, 1.807) is 24.0 Å². The Balaban J connectivity index is 0.00000225. The van der Waals surface area contributed by atoms with Gasteiger partial charge in [0.2, 0.25) is 0 Å².